The van der Waals surface area contributed by atoms with Gasteiger partial charge < -0.3 is 5.73 Å². The van der Waals surface area contributed by atoms with Crippen LogP contribution in [-0.2, 0) is 0 Å². The standard InChI is InChI=1S/C15H10FN5O/c1-8-4-13(11-3-2-10(16)5-9(11)6-17)20-15-12(14(18)22)7-19-21(8)15/h2-5,7H,1H3,(H2,18,22). The minimum atomic E-state index is -0.640. The third-order valence-electron chi connectivity index (χ3n) is 3.29. The third kappa shape index (κ3) is 2.07. The van der Waals surface area contributed by atoms with Gasteiger partial charge in [0, 0.05) is 11.3 Å². The highest BCUT2D eigenvalue weighted by Gasteiger charge is 2.15. The van der Waals surface area contributed by atoms with E-state index in [-0.39, 0.29) is 11.1 Å². The lowest BCUT2D eigenvalue weighted by molar-refractivity contribution is 0.100. The highest BCUT2D eigenvalue weighted by Crippen LogP contribution is 2.24. The molecule has 22 heavy (non-hydrogen) atoms. The first-order valence-electron chi connectivity index (χ1n) is 6.36. The summed E-state index contributed by atoms with van der Waals surface area (Å²) in [5, 5.41) is 13.2. The Morgan fingerprint density at radius 1 is 1.41 bits per heavy atom. The number of aromatic nitrogens is 3. The van der Waals surface area contributed by atoms with Gasteiger partial charge in [0.15, 0.2) is 5.65 Å². The summed E-state index contributed by atoms with van der Waals surface area (Å²) in [6.45, 7) is 1.78. The van der Waals surface area contributed by atoms with E-state index in [2.05, 4.69) is 10.1 Å². The molecular formula is C15H10FN5O. The van der Waals surface area contributed by atoms with Crippen LogP contribution < -0.4 is 5.73 Å². The summed E-state index contributed by atoms with van der Waals surface area (Å²) >= 11 is 0. The van der Waals surface area contributed by atoms with Crippen molar-refractivity contribution in [3.05, 3.63) is 53.1 Å². The lowest BCUT2D eigenvalue weighted by Crippen LogP contribution is -2.11. The van der Waals surface area contributed by atoms with Crippen LogP contribution in [0, 0.1) is 24.1 Å². The van der Waals surface area contributed by atoms with Gasteiger partial charge in [-0.05, 0) is 31.2 Å². The van der Waals surface area contributed by atoms with Crippen LogP contribution in [0.15, 0.2) is 30.5 Å². The number of nitrogens with two attached hydrogens (primary N) is 1. The topological polar surface area (TPSA) is 97.1 Å². The van der Waals surface area contributed by atoms with Crippen molar-refractivity contribution in [1.29, 1.82) is 5.26 Å². The van der Waals surface area contributed by atoms with Gasteiger partial charge >= 0.3 is 0 Å². The first-order chi connectivity index (χ1) is 10.5. The molecule has 0 bridgehead atoms. The molecule has 0 unspecified atom stereocenters. The van der Waals surface area contributed by atoms with Gasteiger partial charge in [-0.3, -0.25) is 4.79 Å². The molecule has 0 spiro atoms. The van der Waals surface area contributed by atoms with Crippen molar-refractivity contribution in [2.24, 2.45) is 5.73 Å². The molecule has 0 aliphatic rings. The van der Waals surface area contributed by atoms with E-state index in [1.807, 2.05) is 6.07 Å². The molecule has 0 aliphatic heterocycles. The maximum Gasteiger partial charge on any atom is 0.254 e. The first kappa shape index (κ1) is 13.7. The number of nitrogens with zero attached hydrogens (tertiary/aromatic N) is 4. The molecule has 1 amide bonds. The molecule has 0 atom stereocenters. The summed E-state index contributed by atoms with van der Waals surface area (Å²) in [5.74, 6) is -1.14. The van der Waals surface area contributed by atoms with E-state index < -0.39 is 11.7 Å². The average molecular weight is 295 g/mol. The fourth-order valence-electron chi connectivity index (χ4n) is 2.26. The molecule has 3 aromatic rings. The second-order valence-electron chi connectivity index (χ2n) is 4.74. The van der Waals surface area contributed by atoms with Crippen molar-refractivity contribution < 1.29 is 9.18 Å². The zero-order chi connectivity index (χ0) is 15.9. The van der Waals surface area contributed by atoms with E-state index >= 15 is 0 Å². The predicted molar refractivity (Wildman–Crippen MR) is 76.4 cm³/mol. The minimum absolute atomic E-state index is 0.163. The molecule has 3 rings (SSSR count). The molecule has 7 heteroatoms. The van der Waals surface area contributed by atoms with Gasteiger partial charge in [-0.2, -0.15) is 10.4 Å². The molecule has 108 valence electrons. The predicted octanol–water partition coefficient (Wildman–Crippen LogP) is 1.81. The van der Waals surface area contributed by atoms with Crippen LogP contribution >= 0.6 is 0 Å². The average Bonchev–Trinajstić information content (AvgIpc) is 2.91. The Morgan fingerprint density at radius 3 is 2.86 bits per heavy atom. The molecule has 0 aliphatic carbocycles. The quantitative estimate of drug-likeness (QED) is 0.779. The monoisotopic (exact) mass is 295 g/mol. The van der Waals surface area contributed by atoms with Crippen LogP contribution in [-0.4, -0.2) is 20.5 Å². The number of nitriles is 1. The molecule has 0 fully saturated rings. The zero-order valence-corrected chi connectivity index (χ0v) is 11.5. The van der Waals surface area contributed by atoms with Gasteiger partial charge in [-0.25, -0.2) is 13.9 Å². The summed E-state index contributed by atoms with van der Waals surface area (Å²) < 4.78 is 14.7. The second-order valence-corrected chi connectivity index (χ2v) is 4.74. The lowest BCUT2D eigenvalue weighted by Gasteiger charge is -2.07. The highest BCUT2D eigenvalue weighted by atomic mass is 19.1. The van der Waals surface area contributed by atoms with E-state index in [1.54, 1.807) is 13.0 Å². The summed E-state index contributed by atoms with van der Waals surface area (Å²) in [6.07, 6.45) is 1.34. The summed E-state index contributed by atoms with van der Waals surface area (Å²) in [5.41, 5.74) is 7.59. The number of amides is 1. The highest BCUT2D eigenvalue weighted by molar-refractivity contribution is 5.98. The number of hydrogen-bond acceptors (Lipinski definition) is 4. The van der Waals surface area contributed by atoms with E-state index in [9.17, 15) is 9.18 Å². The fraction of sp³-hybridized carbons (Fsp3) is 0.0667. The van der Waals surface area contributed by atoms with Crippen molar-refractivity contribution in [3.63, 3.8) is 0 Å². The second kappa shape index (κ2) is 4.93. The van der Waals surface area contributed by atoms with Gasteiger partial charge in [0.2, 0.25) is 0 Å². The first-order valence-corrected chi connectivity index (χ1v) is 6.36. The summed E-state index contributed by atoms with van der Waals surface area (Å²) in [7, 11) is 0. The number of hydrogen-bond donors (Lipinski definition) is 1. The molecule has 1 aromatic carbocycles. The van der Waals surface area contributed by atoms with Crippen molar-refractivity contribution in [2.75, 3.05) is 0 Å². The Labute approximate surface area is 124 Å². The number of rotatable bonds is 2. The summed E-state index contributed by atoms with van der Waals surface area (Å²) in [6, 6.07) is 7.52. The van der Waals surface area contributed by atoms with Crippen LogP contribution in [0.1, 0.15) is 21.6 Å². The molecule has 0 saturated heterocycles. The number of benzene rings is 1. The molecule has 2 aromatic heterocycles. The molecular weight excluding hydrogens is 285 g/mol. The van der Waals surface area contributed by atoms with Gasteiger partial charge in [-0.15, -0.1) is 0 Å². The van der Waals surface area contributed by atoms with Crippen LogP contribution in [0.25, 0.3) is 16.9 Å². The Kier molecular flexibility index (Phi) is 3.07. The minimum Gasteiger partial charge on any atom is -0.365 e. The molecule has 2 N–H and O–H groups in total. The summed E-state index contributed by atoms with van der Waals surface area (Å²) in [4.78, 5) is 15.8. The molecule has 0 saturated carbocycles. The van der Waals surface area contributed by atoms with Gasteiger partial charge in [-0.1, -0.05) is 0 Å². The van der Waals surface area contributed by atoms with Crippen LogP contribution in [0.4, 0.5) is 4.39 Å². The largest absolute Gasteiger partial charge is 0.365 e. The smallest absolute Gasteiger partial charge is 0.254 e. The maximum atomic E-state index is 13.3. The number of aryl methyl sites for hydroxylation is 1. The van der Waals surface area contributed by atoms with E-state index in [1.165, 1.54) is 22.8 Å². The van der Waals surface area contributed by atoms with Crippen molar-refractivity contribution in [3.8, 4) is 17.3 Å². The third-order valence-corrected chi connectivity index (χ3v) is 3.29. The number of carbonyl (C=O) groups is 1. The Bertz CT molecular complexity index is 954. The van der Waals surface area contributed by atoms with Crippen LogP contribution in [0.3, 0.4) is 0 Å². The van der Waals surface area contributed by atoms with Gasteiger partial charge in [0.05, 0.1) is 23.5 Å². The number of primary amides is 1. The van der Waals surface area contributed by atoms with Crippen molar-refractivity contribution in [2.45, 2.75) is 6.92 Å². The van der Waals surface area contributed by atoms with Crippen LogP contribution in [0.2, 0.25) is 0 Å². The number of carbonyl (C=O) groups excluding carboxylic acids is 1. The van der Waals surface area contributed by atoms with Gasteiger partial charge in [0.25, 0.3) is 5.91 Å². The van der Waals surface area contributed by atoms with Gasteiger partial charge in [0.1, 0.15) is 11.4 Å². The molecule has 6 nitrogen and oxygen atoms in total. The Morgan fingerprint density at radius 2 is 2.18 bits per heavy atom. The molecule has 0 radical (unpaired) electrons. The van der Waals surface area contributed by atoms with Crippen molar-refractivity contribution >= 4 is 11.6 Å². The Hall–Kier alpha value is -3.27. The fourth-order valence-corrected chi connectivity index (χ4v) is 2.26. The zero-order valence-electron chi connectivity index (χ0n) is 11.5. The van der Waals surface area contributed by atoms with E-state index in [4.69, 9.17) is 11.0 Å². The van der Waals surface area contributed by atoms with E-state index in [0.29, 0.717) is 22.6 Å². The SMILES string of the molecule is Cc1cc(-c2ccc(F)cc2C#N)nc2c(C(N)=O)cnn12. The van der Waals surface area contributed by atoms with Crippen molar-refractivity contribution in [1.82, 2.24) is 14.6 Å². The lowest BCUT2D eigenvalue weighted by atomic mass is 10.0. The van der Waals surface area contributed by atoms with Crippen LogP contribution in [0.5, 0.6) is 0 Å². The number of halogens is 1. The Balaban J connectivity index is 2.31. The normalized spacial score (nSPS) is 10.6. The molecule has 2 heterocycles. The number of fused-ring (bicyclic) bond motifs is 1. The maximum absolute atomic E-state index is 13.3. The van der Waals surface area contributed by atoms with E-state index in [0.717, 1.165) is 6.07 Å².